The van der Waals surface area contributed by atoms with Crippen LogP contribution in [-0.4, -0.2) is 50.6 Å². The number of benzene rings is 1. The molecule has 30 heavy (non-hydrogen) atoms. The lowest BCUT2D eigenvalue weighted by Crippen LogP contribution is -2.41. The second-order valence-corrected chi connectivity index (χ2v) is 8.81. The average molecular weight is 409 g/mol. The van der Waals surface area contributed by atoms with E-state index in [9.17, 15) is 14.4 Å². The minimum atomic E-state index is -0.153. The van der Waals surface area contributed by atoms with Crippen molar-refractivity contribution >= 4 is 28.8 Å². The van der Waals surface area contributed by atoms with Crippen LogP contribution in [0, 0.1) is 11.8 Å². The van der Waals surface area contributed by atoms with E-state index in [1.54, 1.807) is 0 Å². The van der Waals surface area contributed by atoms with Crippen molar-refractivity contribution in [3.63, 3.8) is 0 Å². The Morgan fingerprint density at radius 1 is 1.00 bits per heavy atom. The van der Waals surface area contributed by atoms with Crippen LogP contribution in [0.1, 0.15) is 63.2 Å². The molecule has 2 saturated heterocycles. The van der Waals surface area contributed by atoms with Gasteiger partial charge in [-0.15, -0.1) is 0 Å². The van der Waals surface area contributed by atoms with Gasteiger partial charge in [0.2, 0.25) is 17.7 Å². The summed E-state index contributed by atoms with van der Waals surface area (Å²) < 4.78 is 0. The summed E-state index contributed by atoms with van der Waals surface area (Å²) in [6.07, 6.45) is 6.72. The van der Waals surface area contributed by atoms with Gasteiger partial charge in [0, 0.05) is 19.5 Å². The molecule has 7 heteroatoms. The number of H-pyrrole nitrogens is 1. The van der Waals surface area contributed by atoms with E-state index in [4.69, 9.17) is 4.98 Å². The first-order chi connectivity index (χ1) is 14.6. The van der Waals surface area contributed by atoms with Gasteiger partial charge in [-0.1, -0.05) is 25.0 Å². The molecular weight excluding hydrogens is 380 g/mol. The highest BCUT2D eigenvalue weighted by Gasteiger charge is 2.48. The predicted molar refractivity (Wildman–Crippen MR) is 111 cm³/mol. The molecule has 158 valence electrons. The molecule has 1 saturated carbocycles. The van der Waals surface area contributed by atoms with Gasteiger partial charge in [-0.25, -0.2) is 4.98 Å². The number of carbonyl (C=O) groups is 3. The maximum atomic E-state index is 13.1. The lowest BCUT2D eigenvalue weighted by Gasteiger charge is -2.35. The van der Waals surface area contributed by atoms with Gasteiger partial charge in [-0.3, -0.25) is 19.3 Å². The average Bonchev–Trinajstić information content (AvgIpc) is 3.32. The molecule has 1 aromatic carbocycles. The van der Waals surface area contributed by atoms with Crippen LogP contribution in [0.25, 0.3) is 11.0 Å². The molecule has 1 N–H and O–H groups in total. The molecule has 7 nitrogen and oxygen atoms in total. The monoisotopic (exact) mass is 408 g/mol. The number of aromatic amines is 1. The first-order valence-electron chi connectivity index (χ1n) is 11.2. The number of imidazole rings is 1. The summed E-state index contributed by atoms with van der Waals surface area (Å²) in [7, 11) is 0. The fourth-order valence-electron chi connectivity index (χ4n) is 5.45. The highest BCUT2D eigenvalue weighted by Crippen LogP contribution is 2.38. The number of nitrogens with zero attached hydrogens (tertiary/aromatic N) is 3. The highest BCUT2D eigenvalue weighted by molar-refractivity contribution is 6.05. The SMILES string of the molecule is O=C1[C@@H]2CCCC[C@H]2C(=O)N1CCC(=O)N1CCCC[C@@H]1c1nc2ccccc2[nH]1. The molecular formula is C23H28N4O3. The maximum absolute atomic E-state index is 13.1. The molecule has 3 aliphatic rings. The van der Waals surface area contributed by atoms with Crippen molar-refractivity contribution in [2.75, 3.05) is 13.1 Å². The summed E-state index contributed by atoms with van der Waals surface area (Å²) in [5.74, 6) is 0.383. The molecule has 0 radical (unpaired) electrons. The van der Waals surface area contributed by atoms with Crippen LogP contribution in [0.2, 0.25) is 0 Å². The Bertz CT molecular complexity index is 927. The normalized spacial score (nSPS) is 27.0. The van der Waals surface area contributed by atoms with E-state index in [0.717, 1.165) is 61.8 Å². The van der Waals surface area contributed by atoms with E-state index in [1.807, 2.05) is 29.2 Å². The minimum Gasteiger partial charge on any atom is -0.340 e. The molecule has 3 atom stereocenters. The predicted octanol–water partition coefficient (Wildman–Crippen LogP) is 3.18. The van der Waals surface area contributed by atoms with Crippen molar-refractivity contribution < 1.29 is 14.4 Å². The van der Waals surface area contributed by atoms with Gasteiger partial charge in [0.05, 0.1) is 28.9 Å². The minimum absolute atomic E-state index is 0.00405. The molecule has 3 fully saturated rings. The van der Waals surface area contributed by atoms with Gasteiger partial charge < -0.3 is 9.88 Å². The summed E-state index contributed by atoms with van der Waals surface area (Å²) in [5, 5.41) is 0. The number of rotatable bonds is 4. The van der Waals surface area contributed by atoms with Gasteiger partial charge in [-0.05, 0) is 44.2 Å². The van der Waals surface area contributed by atoms with E-state index in [1.165, 1.54) is 4.90 Å². The zero-order chi connectivity index (χ0) is 20.7. The number of piperidine rings is 1. The maximum Gasteiger partial charge on any atom is 0.233 e. The summed E-state index contributed by atoms with van der Waals surface area (Å²) in [4.78, 5) is 49.8. The van der Waals surface area contributed by atoms with Crippen molar-refractivity contribution in [3.05, 3.63) is 30.1 Å². The number of fused-ring (bicyclic) bond motifs is 2. The van der Waals surface area contributed by atoms with Crippen LogP contribution in [0.15, 0.2) is 24.3 Å². The zero-order valence-corrected chi connectivity index (χ0v) is 17.2. The van der Waals surface area contributed by atoms with Crippen molar-refractivity contribution in [3.8, 4) is 0 Å². The van der Waals surface area contributed by atoms with Crippen LogP contribution in [0.5, 0.6) is 0 Å². The van der Waals surface area contributed by atoms with E-state index in [0.29, 0.717) is 6.54 Å². The Hall–Kier alpha value is -2.70. The second kappa shape index (κ2) is 7.85. The van der Waals surface area contributed by atoms with Crippen molar-refractivity contribution in [2.45, 2.75) is 57.4 Å². The highest BCUT2D eigenvalue weighted by atomic mass is 16.2. The number of aromatic nitrogens is 2. The standard InChI is InChI=1S/C23H28N4O3/c28-20(12-14-27-22(29)15-7-1-2-8-16(15)23(27)30)26-13-6-5-11-19(26)21-24-17-9-3-4-10-18(17)25-21/h3-4,9-10,15-16,19H,1-2,5-8,11-14H2,(H,24,25)/t15-,16-,19-/m1/s1. The molecule has 2 aromatic rings. The second-order valence-electron chi connectivity index (χ2n) is 8.81. The van der Waals surface area contributed by atoms with Gasteiger partial charge in [0.15, 0.2) is 0 Å². The lowest BCUT2D eigenvalue weighted by atomic mass is 9.81. The third kappa shape index (κ3) is 3.30. The lowest BCUT2D eigenvalue weighted by molar-refractivity contribution is -0.141. The number of likely N-dealkylation sites (tertiary alicyclic amines) is 2. The van der Waals surface area contributed by atoms with Gasteiger partial charge in [-0.2, -0.15) is 0 Å². The number of para-hydroxylation sites is 2. The Labute approximate surface area is 175 Å². The van der Waals surface area contributed by atoms with Crippen molar-refractivity contribution in [1.29, 1.82) is 0 Å². The molecule has 0 bridgehead atoms. The van der Waals surface area contributed by atoms with Crippen LogP contribution in [-0.2, 0) is 14.4 Å². The molecule has 5 rings (SSSR count). The van der Waals surface area contributed by atoms with Gasteiger partial charge in [0.1, 0.15) is 5.82 Å². The molecule has 3 heterocycles. The number of hydrogen-bond acceptors (Lipinski definition) is 4. The zero-order valence-electron chi connectivity index (χ0n) is 17.2. The Morgan fingerprint density at radius 3 is 2.43 bits per heavy atom. The fourth-order valence-corrected chi connectivity index (χ4v) is 5.45. The first-order valence-corrected chi connectivity index (χ1v) is 11.2. The van der Waals surface area contributed by atoms with E-state index in [-0.39, 0.29) is 48.6 Å². The fraction of sp³-hybridized carbons (Fsp3) is 0.565. The Balaban J connectivity index is 1.28. The van der Waals surface area contributed by atoms with E-state index >= 15 is 0 Å². The Morgan fingerprint density at radius 2 is 1.70 bits per heavy atom. The Kier molecular flexibility index (Phi) is 5.05. The van der Waals surface area contributed by atoms with Gasteiger partial charge in [0.25, 0.3) is 0 Å². The van der Waals surface area contributed by atoms with Crippen LogP contribution < -0.4 is 0 Å². The third-order valence-electron chi connectivity index (χ3n) is 7.03. The number of hydrogen-bond donors (Lipinski definition) is 1. The quantitative estimate of drug-likeness (QED) is 0.787. The van der Waals surface area contributed by atoms with Crippen molar-refractivity contribution in [1.82, 2.24) is 19.8 Å². The smallest absolute Gasteiger partial charge is 0.233 e. The molecule has 2 aliphatic heterocycles. The topological polar surface area (TPSA) is 86.4 Å². The third-order valence-corrected chi connectivity index (χ3v) is 7.03. The number of imide groups is 1. The first kappa shape index (κ1) is 19.3. The van der Waals surface area contributed by atoms with E-state index < -0.39 is 0 Å². The van der Waals surface area contributed by atoms with E-state index in [2.05, 4.69) is 4.98 Å². The number of nitrogens with one attached hydrogen (secondary N) is 1. The molecule has 0 unspecified atom stereocenters. The molecule has 3 amide bonds. The summed E-state index contributed by atoms with van der Waals surface area (Å²) in [6, 6.07) is 7.80. The summed E-state index contributed by atoms with van der Waals surface area (Å²) in [5.41, 5.74) is 1.88. The van der Waals surface area contributed by atoms with Crippen LogP contribution >= 0.6 is 0 Å². The largest absolute Gasteiger partial charge is 0.340 e. The molecule has 0 spiro atoms. The summed E-state index contributed by atoms with van der Waals surface area (Å²) in [6.45, 7) is 0.889. The summed E-state index contributed by atoms with van der Waals surface area (Å²) >= 11 is 0. The van der Waals surface area contributed by atoms with Crippen LogP contribution in [0.3, 0.4) is 0 Å². The number of amides is 3. The van der Waals surface area contributed by atoms with Crippen LogP contribution in [0.4, 0.5) is 0 Å². The molecule has 1 aliphatic carbocycles. The van der Waals surface area contributed by atoms with Crippen molar-refractivity contribution in [2.24, 2.45) is 11.8 Å². The molecule has 1 aromatic heterocycles. The number of carbonyl (C=O) groups excluding carboxylic acids is 3. The van der Waals surface area contributed by atoms with Gasteiger partial charge >= 0.3 is 0 Å².